The van der Waals surface area contributed by atoms with Crippen LogP contribution in [0.15, 0.2) is 82.1 Å². The number of halogens is 1. The first-order chi connectivity index (χ1) is 17.6. The van der Waals surface area contributed by atoms with Gasteiger partial charge in [0.2, 0.25) is 0 Å². The molecule has 180 valence electrons. The second-order valence-electron chi connectivity index (χ2n) is 8.75. The van der Waals surface area contributed by atoms with Gasteiger partial charge in [-0.2, -0.15) is 0 Å². The van der Waals surface area contributed by atoms with E-state index in [1.807, 2.05) is 47.0 Å². The van der Waals surface area contributed by atoms with E-state index in [2.05, 4.69) is 52.9 Å². The van der Waals surface area contributed by atoms with Crippen molar-refractivity contribution in [2.24, 2.45) is 4.99 Å². The molecule has 0 amide bonds. The van der Waals surface area contributed by atoms with Crippen molar-refractivity contribution in [2.45, 2.75) is 18.9 Å². The van der Waals surface area contributed by atoms with Crippen molar-refractivity contribution in [3.63, 3.8) is 0 Å². The monoisotopic (exact) mass is 606 g/mol. The van der Waals surface area contributed by atoms with Gasteiger partial charge in [0.1, 0.15) is 11.5 Å². The quantitative estimate of drug-likeness (QED) is 0.310. The third kappa shape index (κ3) is 3.81. The van der Waals surface area contributed by atoms with E-state index in [1.165, 1.54) is 16.9 Å². The van der Waals surface area contributed by atoms with E-state index in [0.717, 1.165) is 55.9 Å². The zero-order valence-corrected chi connectivity index (χ0v) is 22.8. The molecule has 2 aliphatic rings. The highest BCUT2D eigenvalue weighted by molar-refractivity contribution is 14.1. The Kier molecular flexibility index (Phi) is 6.05. The summed E-state index contributed by atoms with van der Waals surface area (Å²) in [7, 11) is 3.34. The van der Waals surface area contributed by atoms with Crippen LogP contribution in [0.1, 0.15) is 34.7 Å². The average Bonchev–Trinajstić information content (AvgIpc) is 3.21. The maximum Gasteiger partial charge on any atom is 0.271 e. The first kappa shape index (κ1) is 23.2. The number of benzene rings is 3. The van der Waals surface area contributed by atoms with E-state index in [-0.39, 0.29) is 11.6 Å². The van der Waals surface area contributed by atoms with Crippen molar-refractivity contribution >= 4 is 45.7 Å². The van der Waals surface area contributed by atoms with Crippen LogP contribution in [-0.2, 0) is 6.42 Å². The highest BCUT2D eigenvalue weighted by Gasteiger charge is 2.33. The van der Waals surface area contributed by atoms with E-state index in [9.17, 15) is 4.79 Å². The first-order valence-electron chi connectivity index (χ1n) is 11.7. The summed E-state index contributed by atoms with van der Waals surface area (Å²) in [6.45, 7) is 0. The minimum Gasteiger partial charge on any atom is -0.496 e. The maximum atomic E-state index is 13.9. The van der Waals surface area contributed by atoms with Crippen LogP contribution in [0.25, 0.3) is 11.8 Å². The Morgan fingerprint density at radius 3 is 2.58 bits per heavy atom. The first-order valence-corrected chi connectivity index (χ1v) is 13.6. The molecule has 2 heterocycles. The predicted octanol–water partition coefficient (Wildman–Crippen LogP) is 4.94. The Bertz CT molecular complexity index is 1720. The number of hydrogen-bond acceptors (Lipinski definition) is 5. The van der Waals surface area contributed by atoms with E-state index >= 15 is 0 Å². The molecule has 3 aromatic carbocycles. The van der Waals surface area contributed by atoms with Crippen molar-refractivity contribution in [3.8, 4) is 11.5 Å². The molecule has 0 N–H and O–H groups in total. The second-order valence-corrected chi connectivity index (χ2v) is 10.9. The van der Waals surface area contributed by atoms with Crippen molar-refractivity contribution in [1.29, 1.82) is 0 Å². The van der Waals surface area contributed by atoms with Crippen LogP contribution in [0.2, 0.25) is 0 Å². The van der Waals surface area contributed by atoms with Gasteiger partial charge in [-0.05, 0) is 76.4 Å². The van der Waals surface area contributed by atoms with Gasteiger partial charge in [0.15, 0.2) is 4.80 Å². The normalized spacial score (nSPS) is 16.6. The average molecular weight is 606 g/mol. The summed E-state index contributed by atoms with van der Waals surface area (Å²) in [5.41, 5.74) is 6.50. The standard InChI is InChI=1S/C29H23IN2O3S/c1-34-23-10-6-5-9-20(23)27-21-13-12-18-7-3-4-8-19(18)26(21)31-29-32(27)28(33)25(36-29)16-17-11-14-24(35-2)22(30)15-17/h3-11,14-16,27H,12-13H2,1-2H3/b25-16-/t27-/m0/s1. The number of methoxy groups -OCH3 is 2. The largest absolute Gasteiger partial charge is 0.496 e. The molecule has 1 aliphatic carbocycles. The summed E-state index contributed by atoms with van der Waals surface area (Å²) in [5, 5.41) is 0. The third-order valence-electron chi connectivity index (χ3n) is 6.78. The molecule has 1 atom stereocenters. The summed E-state index contributed by atoms with van der Waals surface area (Å²) in [4.78, 5) is 19.7. The van der Waals surface area contributed by atoms with Gasteiger partial charge in [-0.15, -0.1) is 0 Å². The molecular formula is C29H23IN2O3S. The molecule has 0 radical (unpaired) electrons. The fraction of sp³-hybridized carbons (Fsp3) is 0.172. The molecule has 6 rings (SSSR count). The number of thiazole rings is 1. The van der Waals surface area contributed by atoms with Gasteiger partial charge < -0.3 is 9.47 Å². The van der Waals surface area contributed by atoms with Crippen LogP contribution in [-0.4, -0.2) is 18.8 Å². The van der Waals surface area contributed by atoms with Crippen molar-refractivity contribution in [1.82, 2.24) is 4.57 Å². The lowest BCUT2D eigenvalue weighted by Gasteiger charge is -2.31. The molecule has 4 aromatic rings. The Morgan fingerprint density at radius 1 is 1.00 bits per heavy atom. The third-order valence-corrected chi connectivity index (χ3v) is 8.61. The predicted molar refractivity (Wildman–Crippen MR) is 151 cm³/mol. The maximum absolute atomic E-state index is 13.9. The lowest BCUT2D eigenvalue weighted by Crippen LogP contribution is -2.39. The van der Waals surface area contributed by atoms with E-state index in [0.29, 0.717) is 9.33 Å². The summed E-state index contributed by atoms with van der Waals surface area (Å²) in [5.74, 6) is 1.59. The van der Waals surface area contributed by atoms with Crippen LogP contribution < -0.4 is 24.4 Å². The highest BCUT2D eigenvalue weighted by atomic mass is 127. The molecule has 7 heteroatoms. The Hall–Kier alpha value is -3.17. The van der Waals surface area contributed by atoms with E-state index in [4.69, 9.17) is 14.5 Å². The van der Waals surface area contributed by atoms with Gasteiger partial charge in [0, 0.05) is 11.1 Å². The minimum absolute atomic E-state index is 0.0362. The van der Waals surface area contributed by atoms with Crippen LogP contribution in [0, 0.1) is 3.57 Å². The number of para-hydroxylation sites is 1. The fourth-order valence-corrected chi connectivity index (χ4v) is 6.88. The fourth-order valence-electron chi connectivity index (χ4n) is 5.12. The number of nitrogens with zero attached hydrogens (tertiary/aromatic N) is 2. The number of aryl methyl sites for hydroxylation is 1. The lowest BCUT2D eigenvalue weighted by atomic mass is 9.83. The number of hydrogen-bond donors (Lipinski definition) is 0. The van der Waals surface area contributed by atoms with Crippen LogP contribution in [0.4, 0.5) is 0 Å². The molecule has 1 aliphatic heterocycles. The summed E-state index contributed by atoms with van der Waals surface area (Å²) in [6, 6.07) is 22.1. The Labute approximate surface area is 226 Å². The number of rotatable bonds is 4. The molecular weight excluding hydrogens is 583 g/mol. The zero-order valence-electron chi connectivity index (χ0n) is 19.8. The lowest BCUT2D eigenvalue weighted by molar-refractivity contribution is 0.402. The topological polar surface area (TPSA) is 52.8 Å². The minimum atomic E-state index is -0.265. The summed E-state index contributed by atoms with van der Waals surface area (Å²) >= 11 is 3.69. The Balaban J connectivity index is 1.62. The smallest absolute Gasteiger partial charge is 0.271 e. The summed E-state index contributed by atoms with van der Waals surface area (Å²) < 4.78 is 14.7. The van der Waals surface area contributed by atoms with Gasteiger partial charge in [-0.25, -0.2) is 4.99 Å². The van der Waals surface area contributed by atoms with Gasteiger partial charge in [0.25, 0.3) is 5.56 Å². The van der Waals surface area contributed by atoms with E-state index < -0.39 is 0 Å². The number of fused-ring (bicyclic) bond motifs is 3. The summed E-state index contributed by atoms with van der Waals surface area (Å²) in [6.07, 6.45) is 3.71. The van der Waals surface area contributed by atoms with Crippen molar-refractivity contribution < 1.29 is 9.47 Å². The molecule has 5 nitrogen and oxygen atoms in total. The van der Waals surface area contributed by atoms with Gasteiger partial charge in [0.05, 0.1) is 34.1 Å². The molecule has 0 unspecified atom stereocenters. The van der Waals surface area contributed by atoms with E-state index in [1.54, 1.807) is 14.2 Å². The number of allylic oxidation sites excluding steroid dienone is 1. The number of ether oxygens (including phenoxy) is 2. The molecule has 1 aromatic heterocycles. The number of aromatic nitrogens is 1. The SMILES string of the molecule is COc1ccc(/C=c2\sc3n(c2=O)[C@@H](c2ccccc2OC)C2=C(N=3)c3ccccc3CC2)cc1I. The van der Waals surface area contributed by atoms with Gasteiger partial charge in [-0.3, -0.25) is 9.36 Å². The molecule has 0 spiro atoms. The molecule has 0 fully saturated rings. The zero-order chi connectivity index (χ0) is 24.8. The van der Waals surface area contributed by atoms with Gasteiger partial charge in [-0.1, -0.05) is 59.9 Å². The highest BCUT2D eigenvalue weighted by Crippen LogP contribution is 2.43. The Morgan fingerprint density at radius 2 is 1.78 bits per heavy atom. The molecule has 0 saturated carbocycles. The van der Waals surface area contributed by atoms with Crippen LogP contribution in [0.5, 0.6) is 11.5 Å². The van der Waals surface area contributed by atoms with Crippen LogP contribution >= 0.6 is 33.9 Å². The second kappa shape index (κ2) is 9.37. The van der Waals surface area contributed by atoms with Crippen molar-refractivity contribution in [3.05, 3.63) is 118 Å². The molecule has 0 bridgehead atoms. The molecule has 0 saturated heterocycles. The van der Waals surface area contributed by atoms with Crippen molar-refractivity contribution in [2.75, 3.05) is 14.2 Å². The van der Waals surface area contributed by atoms with Crippen LogP contribution in [0.3, 0.4) is 0 Å². The molecule has 36 heavy (non-hydrogen) atoms. The van der Waals surface area contributed by atoms with Gasteiger partial charge >= 0.3 is 0 Å².